The maximum absolute atomic E-state index is 9.91. The Bertz CT molecular complexity index is 1160. The normalized spacial score (nSPS) is 33.6. The van der Waals surface area contributed by atoms with Gasteiger partial charge in [-0.3, -0.25) is 0 Å². The SMILES string of the molecule is CSc1ccccc1CNc1ncc(C#N)c(NC[C@@]23CC4C[C@H](C2)[C@@H](N[C@H]2CC[C@@H](O)CC2)[C@@H](C4)C3)n1. The lowest BCUT2D eigenvalue weighted by Crippen LogP contribution is -2.61. The third kappa shape index (κ3) is 5.38. The summed E-state index contributed by atoms with van der Waals surface area (Å²) in [4.78, 5) is 10.4. The monoisotopic (exact) mass is 532 g/mol. The van der Waals surface area contributed by atoms with E-state index in [0.29, 0.717) is 41.4 Å². The van der Waals surface area contributed by atoms with Crippen LogP contribution < -0.4 is 16.0 Å². The van der Waals surface area contributed by atoms with Crippen molar-refractivity contribution in [2.75, 3.05) is 23.4 Å². The number of benzene rings is 1. The second kappa shape index (κ2) is 11.0. The fourth-order valence-electron chi connectivity index (χ4n) is 8.17. The molecule has 38 heavy (non-hydrogen) atoms. The van der Waals surface area contributed by atoms with E-state index in [2.05, 4.69) is 57.5 Å². The van der Waals surface area contributed by atoms with Crippen LogP contribution in [0, 0.1) is 34.5 Å². The van der Waals surface area contributed by atoms with Crippen LogP contribution in [0.4, 0.5) is 11.8 Å². The standard InChI is InChI=1S/C30H40N6OS/c1-38-26-5-3-2-4-20(26)16-32-29-33-17-23(15-31)28(36-29)34-18-30-12-19-10-21(13-30)27(22(11-19)14-30)35-24-6-8-25(37)9-7-24/h2-5,17,19,21-22,24-25,27,35,37H,6-14,16,18H2,1H3,(H2,32,33,34,36)/t19?,21-,22+,24-,25+,27-,30+. The second-order valence-electron chi connectivity index (χ2n) is 12.3. The average Bonchev–Trinajstić information content (AvgIpc) is 2.93. The Labute approximate surface area is 230 Å². The minimum Gasteiger partial charge on any atom is -0.393 e. The molecule has 0 radical (unpaired) electrons. The van der Waals surface area contributed by atoms with Crippen molar-refractivity contribution in [1.82, 2.24) is 15.3 Å². The number of nitrogens with zero attached hydrogens (tertiary/aromatic N) is 3. The highest BCUT2D eigenvalue weighted by Crippen LogP contribution is 2.60. The first kappa shape index (κ1) is 25.9. The number of rotatable bonds is 9. The molecule has 5 aliphatic rings. The van der Waals surface area contributed by atoms with Gasteiger partial charge in [-0.15, -0.1) is 11.8 Å². The highest BCUT2D eigenvalue weighted by atomic mass is 32.2. The lowest BCUT2D eigenvalue weighted by atomic mass is 9.47. The van der Waals surface area contributed by atoms with Crippen molar-refractivity contribution in [3.05, 3.63) is 41.6 Å². The summed E-state index contributed by atoms with van der Waals surface area (Å²) < 4.78 is 0. The summed E-state index contributed by atoms with van der Waals surface area (Å²) in [6, 6.07) is 11.8. The van der Waals surface area contributed by atoms with Gasteiger partial charge < -0.3 is 21.1 Å². The average molecular weight is 533 g/mol. The summed E-state index contributed by atoms with van der Waals surface area (Å²) in [5.41, 5.74) is 2.01. The molecule has 0 aliphatic heterocycles. The molecular formula is C30H40N6OS. The van der Waals surface area contributed by atoms with E-state index >= 15 is 0 Å². The molecule has 7 rings (SSSR count). The van der Waals surface area contributed by atoms with Crippen molar-refractivity contribution in [3.8, 4) is 6.07 Å². The quantitative estimate of drug-likeness (QED) is 0.327. The summed E-state index contributed by atoms with van der Waals surface area (Å²) in [5.74, 6) is 3.51. The number of nitrogens with one attached hydrogen (secondary N) is 3. The van der Waals surface area contributed by atoms with Crippen LogP contribution in [0.5, 0.6) is 0 Å². The Morgan fingerprint density at radius 1 is 1.08 bits per heavy atom. The fraction of sp³-hybridized carbons (Fsp3) is 0.633. The molecule has 0 spiro atoms. The van der Waals surface area contributed by atoms with Crippen LogP contribution in [0.25, 0.3) is 0 Å². The summed E-state index contributed by atoms with van der Waals surface area (Å²) >= 11 is 1.73. The van der Waals surface area contributed by atoms with Crippen molar-refractivity contribution in [2.45, 2.75) is 87.4 Å². The van der Waals surface area contributed by atoms with Crippen LogP contribution in [0.1, 0.15) is 68.9 Å². The molecule has 1 unspecified atom stereocenters. The van der Waals surface area contributed by atoms with E-state index in [1.54, 1.807) is 18.0 Å². The zero-order valence-corrected chi connectivity index (χ0v) is 23.1. The molecule has 4 bridgehead atoms. The number of aliphatic hydroxyl groups is 1. The van der Waals surface area contributed by atoms with Gasteiger partial charge in [0.2, 0.25) is 5.95 Å². The molecule has 1 heterocycles. The molecule has 5 saturated carbocycles. The van der Waals surface area contributed by atoms with Crippen LogP contribution in [-0.4, -0.2) is 46.1 Å². The zero-order chi connectivity index (χ0) is 26.1. The van der Waals surface area contributed by atoms with Crippen LogP contribution in [0.2, 0.25) is 0 Å². The van der Waals surface area contributed by atoms with E-state index in [1.165, 1.54) is 42.6 Å². The maximum atomic E-state index is 9.91. The Morgan fingerprint density at radius 2 is 1.84 bits per heavy atom. The number of aromatic nitrogens is 2. The molecule has 0 amide bonds. The first-order chi connectivity index (χ1) is 18.5. The summed E-state index contributed by atoms with van der Waals surface area (Å²) in [6.45, 7) is 1.52. The van der Waals surface area contributed by atoms with Gasteiger partial charge in [-0.05, 0) is 98.8 Å². The Kier molecular flexibility index (Phi) is 7.52. The van der Waals surface area contributed by atoms with Crippen LogP contribution >= 0.6 is 11.8 Å². The highest BCUT2D eigenvalue weighted by Gasteiger charge is 2.55. The van der Waals surface area contributed by atoms with E-state index < -0.39 is 0 Å². The molecule has 5 aliphatic carbocycles. The number of aliphatic hydroxyl groups excluding tert-OH is 1. The molecule has 8 heteroatoms. The van der Waals surface area contributed by atoms with Gasteiger partial charge in [0.25, 0.3) is 0 Å². The van der Waals surface area contributed by atoms with Crippen molar-refractivity contribution >= 4 is 23.5 Å². The van der Waals surface area contributed by atoms with Crippen LogP contribution in [0.3, 0.4) is 0 Å². The van der Waals surface area contributed by atoms with Gasteiger partial charge in [0, 0.05) is 30.1 Å². The van der Waals surface area contributed by atoms with Gasteiger partial charge in [-0.2, -0.15) is 10.2 Å². The molecule has 4 N–H and O–H groups in total. The maximum Gasteiger partial charge on any atom is 0.224 e. The van der Waals surface area contributed by atoms with Gasteiger partial charge in [-0.25, -0.2) is 4.98 Å². The number of hydrogen-bond donors (Lipinski definition) is 4. The van der Waals surface area contributed by atoms with Crippen molar-refractivity contribution in [1.29, 1.82) is 5.26 Å². The smallest absolute Gasteiger partial charge is 0.224 e. The van der Waals surface area contributed by atoms with Gasteiger partial charge in [0.1, 0.15) is 17.5 Å². The molecule has 7 nitrogen and oxygen atoms in total. The molecule has 2 aromatic rings. The number of thioether (sulfide) groups is 1. The Balaban J connectivity index is 1.10. The summed E-state index contributed by atoms with van der Waals surface area (Å²) in [6.07, 6.45) is 14.2. The van der Waals surface area contributed by atoms with Gasteiger partial charge in [0.15, 0.2) is 0 Å². The van der Waals surface area contributed by atoms with E-state index in [0.717, 1.165) is 50.0 Å². The minimum absolute atomic E-state index is 0.0946. The Morgan fingerprint density at radius 3 is 2.58 bits per heavy atom. The van der Waals surface area contributed by atoms with Crippen molar-refractivity contribution < 1.29 is 5.11 Å². The summed E-state index contributed by atoms with van der Waals surface area (Å²) in [7, 11) is 0. The predicted molar refractivity (Wildman–Crippen MR) is 152 cm³/mol. The molecule has 1 aromatic carbocycles. The fourth-order valence-corrected chi connectivity index (χ4v) is 8.79. The Hall–Kier alpha value is -2.34. The number of anilines is 2. The van der Waals surface area contributed by atoms with E-state index in [4.69, 9.17) is 4.98 Å². The van der Waals surface area contributed by atoms with E-state index in [1.807, 2.05) is 0 Å². The molecule has 202 valence electrons. The topological polar surface area (TPSA) is 106 Å². The lowest BCUT2D eigenvalue weighted by molar-refractivity contribution is -0.0737. The molecule has 1 aromatic heterocycles. The zero-order valence-electron chi connectivity index (χ0n) is 22.3. The third-order valence-electron chi connectivity index (χ3n) is 9.69. The lowest BCUT2D eigenvalue weighted by Gasteiger charge is -2.61. The van der Waals surface area contributed by atoms with Gasteiger partial charge in [0.05, 0.1) is 12.3 Å². The van der Waals surface area contributed by atoms with Gasteiger partial charge >= 0.3 is 0 Å². The highest BCUT2D eigenvalue weighted by molar-refractivity contribution is 7.98. The molecule has 0 saturated heterocycles. The van der Waals surface area contributed by atoms with Crippen LogP contribution in [-0.2, 0) is 6.54 Å². The van der Waals surface area contributed by atoms with Crippen LogP contribution in [0.15, 0.2) is 35.4 Å². The number of hydrogen-bond acceptors (Lipinski definition) is 8. The number of nitriles is 1. The summed E-state index contributed by atoms with van der Waals surface area (Å²) in [5, 5.41) is 30.7. The second-order valence-corrected chi connectivity index (χ2v) is 13.1. The first-order valence-electron chi connectivity index (χ1n) is 14.3. The van der Waals surface area contributed by atoms with Gasteiger partial charge in [-0.1, -0.05) is 18.2 Å². The largest absolute Gasteiger partial charge is 0.393 e. The van der Waals surface area contributed by atoms with E-state index in [9.17, 15) is 10.4 Å². The third-order valence-corrected chi connectivity index (χ3v) is 10.5. The van der Waals surface area contributed by atoms with Crippen molar-refractivity contribution in [2.24, 2.45) is 23.2 Å². The first-order valence-corrected chi connectivity index (χ1v) is 15.6. The predicted octanol–water partition coefficient (Wildman–Crippen LogP) is 5.18. The van der Waals surface area contributed by atoms with Crippen molar-refractivity contribution in [3.63, 3.8) is 0 Å². The molecule has 5 atom stereocenters. The minimum atomic E-state index is -0.0946. The molecular weight excluding hydrogens is 492 g/mol. The molecule has 5 fully saturated rings. The van der Waals surface area contributed by atoms with E-state index in [-0.39, 0.29) is 6.10 Å².